The number of thiazole rings is 1. The third-order valence-corrected chi connectivity index (χ3v) is 5.16. The highest BCUT2D eigenvalue weighted by molar-refractivity contribution is 7.09. The van der Waals surface area contributed by atoms with E-state index in [1.54, 1.807) is 36.6 Å². The average Bonchev–Trinajstić information content (AvgIpc) is 3.17. The summed E-state index contributed by atoms with van der Waals surface area (Å²) in [7, 11) is 0. The lowest BCUT2D eigenvalue weighted by Gasteiger charge is -2.12. The molecule has 0 aliphatic rings. The summed E-state index contributed by atoms with van der Waals surface area (Å²) < 4.78 is 16.5. The molecule has 0 N–H and O–H groups in total. The smallest absolute Gasteiger partial charge is 0.317 e. The van der Waals surface area contributed by atoms with Gasteiger partial charge in [0.2, 0.25) is 0 Å². The summed E-state index contributed by atoms with van der Waals surface area (Å²) in [5.41, 5.74) is 0.871. The number of aromatic nitrogens is 1. The second-order valence-corrected chi connectivity index (χ2v) is 7.74. The molecule has 0 aliphatic heterocycles. The van der Waals surface area contributed by atoms with Crippen molar-refractivity contribution in [3.05, 3.63) is 68.1 Å². The van der Waals surface area contributed by atoms with Crippen LogP contribution in [0.15, 0.2) is 41.8 Å². The number of ether oxygens (including phenoxy) is 3. The summed E-state index contributed by atoms with van der Waals surface area (Å²) in [4.78, 5) is 16.8. The van der Waals surface area contributed by atoms with Crippen LogP contribution in [0.3, 0.4) is 0 Å². The molecule has 0 saturated heterocycles. The molecular weight excluding hydrogens is 447 g/mol. The summed E-state index contributed by atoms with van der Waals surface area (Å²) in [5.74, 6) is 0.460. The highest BCUT2D eigenvalue weighted by Gasteiger charge is 2.18. The van der Waals surface area contributed by atoms with Crippen molar-refractivity contribution in [3.63, 3.8) is 0 Å². The minimum absolute atomic E-state index is 0.0423. The molecule has 0 fully saturated rings. The van der Waals surface area contributed by atoms with Gasteiger partial charge in [0.05, 0.1) is 35.4 Å². The summed E-state index contributed by atoms with van der Waals surface area (Å²) >= 11 is 13.4. The van der Waals surface area contributed by atoms with Gasteiger partial charge in [-0.2, -0.15) is 5.26 Å². The van der Waals surface area contributed by atoms with Crippen molar-refractivity contribution in [2.75, 3.05) is 6.61 Å². The molecule has 0 bridgehead atoms. The first-order valence-corrected chi connectivity index (χ1v) is 10.5. The molecule has 3 rings (SSSR count). The molecule has 0 spiro atoms. The van der Waals surface area contributed by atoms with E-state index in [9.17, 15) is 4.79 Å². The molecule has 0 atom stereocenters. The molecule has 0 saturated carbocycles. The molecule has 30 heavy (non-hydrogen) atoms. The van der Waals surface area contributed by atoms with E-state index >= 15 is 0 Å². The van der Waals surface area contributed by atoms with E-state index in [1.165, 1.54) is 23.5 Å². The van der Waals surface area contributed by atoms with E-state index in [1.807, 2.05) is 6.07 Å². The number of hydrogen-bond acceptors (Lipinski definition) is 7. The zero-order chi connectivity index (χ0) is 21.5. The molecule has 0 radical (unpaired) electrons. The predicted molar refractivity (Wildman–Crippen MR) is 115 cm³/mol. The van der Waals surface area contributed by atoms with Gasteiger partial charge >= 0.3 is 5.97 Å². The third-order valence-electron chi connectivity index (χ3n) is 3.76. The van der Waals surface area contributed by atoms with Gasteiger partial charge in [-0.05, 0) is 37.3 Å². The van der Waals surface area contributed by atoms with Gasteiger partial charge < -0.3 is 14.2 Å². The van der Waals surface area contributed by atoms with Crippen LogP contribution in [0.4, 0.5) is 0 Å². The van der Waals surface area contributed by atoms with Gasteiger partial charge in [-0.25, -0.2) is 4.98 Å². The topological polar surface area (TPSA) is 81.4 Å². The van der Waals surface area contributed by atoms with Crippen LogP contribution >= 0.6 is 34.5 Å². The highest BCUT2D eigenvalue weighted by Crippen LogP contribution is 2.36. The van der Waals surface area contributed by atoms with Gasteiger partial charge in [-0.15, -0.1) is 11.3 Å². The van der Waals surface area contributed by atoms with Gasteiger partial charge in [0, 0.05) is 16.5 Å². The molecular formula is C21H16Cl2N2O4S. The first-order valence-electron chi connectivity index (χ1n) is 8.87. The van der Waals surface area contributed by atoms with Crippen LogP contribution in [0.25, 0.3) is 0 Å². The molecule has 2 aromatic carbocycles. The van der Waals surface area contributed by atoms with Crippen molar-refractivity contribution >= 4 is 40.5 Å². The van der Waals surface area contributed by atoms with Crippen molar-refractivity contribution in [1.82, 2.24) is 4.98 Å². The summed E-state index contributed by atoms with van der Waals surface area (Å²) in [5, 5.41) is 12.3. The molecule has 0 amide bonds. The summed E-state index contributed by atoms with van der Waals surface area (Å²) in [6.45, 7) is 2.39. The van der Waals surface area contributed by atoms with E-state index in [2.05, 4.69) is 4.98 Å². The first kappa shape index (κ1) is 21.9. The second-order valence-electron chi connectivity index (χ2n) is 5.96. The Morgan fingerprint density at radius 2 is 1.97 bits per heavy atom. The molecule has 6 nitrogen and oxygen atoms in total. The van der Waals surface area contributed by atoms with Crippen molar-refractivity contribution in [2.45, 2.75) is 20.0 Å². The molecule has 154 valence electrons. The minimum atomic E-state index is -0.543. The van der Waals surface area contributed by atoms with E-state index in [4.69, 9.17) is 42.7 Å². The molecule has 0 aliphatic carbocycles. The lowest BCUT2D eigenvalue weighted by Crippen LogP contribution is -2.13. The van der Waals surface area contributed by atoms with Crippen molar-refractivity contribution in [1.29, 1.82) is 5.26 Å². The monoisotopic (exact) mass is 462 g/mol. The standard InChI is InChI=1S/C21H16Cl2N2O4S/c1-2-27-18-8-13(10-24)7-17(23)21(18)29-20(26)9-15-12-30-19(25-15)11-28-16-5-3-14(22)4-6-16/h3-8,12H,2,9,11H2,1H3. The number of esters is 1. The number of halogens is 2. The maximum absolute atomic E-state index is 12.4. The van der Waals surface area contributed by atoms with Crippen LogP contribution in [0.1, 0.15) is 23.2 Å². The van der Waals surface area contributed by atoms with Gasteiger partial charge in [0.15, 0.2) is 11.5 Å². The number of benzene rings is 2. The second kappa shape index (κ2) is 10.3. The van der Waals surface area contributed by atoms with Crippen molar-refractivity contribution in [2.24, 2.45) is 0 Å². The fraction of sp³-hybridized carbons (Fsp3) is 0.190. The van der Waals surface area contributed by atoms with E-state index < -0.39 is 5.97 Å². The molecule has 3 aromatic rings. The predicted octanol–water partition coefficient (Wildman–Crippen LogP) is 5.45. The fourth-order valence-electron chi connectivity index (χ4n) is 2.46. The van der Waals surface area contributed by atoms with E-state index in [0.717, 1.165) is 5.01 Å². The van der Waals surface area contributed by atoms with Gasteiger partial charge in [-0.3, -0.25) is 4.79 Å². The maximum atomic E-state index is 12.4. The molecule has 1 heterocycles. The Kier molecular flexibility index (Phi) is 7.52. The Hall–Kier alpha value is -2.79. The van der Waals surface area contributed by atoms with Crippen LogP contribution in [0.2, 0.25) is 10.0 Å². The van der Waals surface area contributed by atoms with E-state index in [-0.39, 0.29) is 29.5 Å². The van der Waals surface area contributed by atoms with Crippen LogP contribution < -0.4 is 14.2 Å². The molecule has 9 heteroatoms. The highest BCUT2D eigenvalue weighted by atomic mass is 35.5. The Morgan fingerprint density at radius 1 is 1.20 bits per heavy atom. The number of rotatable bonds is 8. The molecule has 0 unspecified atom stereocenters. The van der Waals surface area contributed by atoms with E-state index in [0.29, 0.717) is 28.6 Å². The number of carbonyl (C=O) groups excluding carboxylic acids is 1. The number of nitriles is 1. The van der Waals surface area contributed by atoms with Crippen LogP contribution in [-0.4, -0.2) is 17.6 Å². The first-order chi connectivity index (χ1) is 14.5. The number of nitrogens with zero attached hydrogens (tertiary/aromatic N) is 2. The van der Waals surface area contributed by atoms with Crippen LogP contribution in [0.5, 0.6) is 17.2 Å². The number of hydrogen-bond donors (Lipinski definition) is 0. The molecule has 1 aromatic heterocycles. The third kappa shape index (κ3) is 5.86. The quantitative estimate of drug-likeness (QED) is 0.327. The van der Waals surface area contributed by atoms with Gasteiger partial charge in [0.1, 0.15) is 17.4 Å². The van der Waals surface area contributed by atoms with Crippen molar-refractivity contribution < 1.29 is 19.0 Å². The van der Waals surface area contributed by atoms with Crippen LogP contribution in [0, 0.1) is 11.3 Å². The largest absolute Gasteiger partial charge is 0.490 e. The lowest BCUT2D eigenvalue weighted by molar-refractivity contribution is -0.133. The Morgan fingerprint density at radius 3 is 2.67 bits per heavy atom. The van der Waals surface area contributed by atoms with Crippen molar-refractivity contribution in [3.8, 4) is 23.3 Å². The maximum Gasteiger partial charge on any atom is 0.317 e. The average molecular weight is 463 g/mol. The zero-order valence-corrected chi connectivity index (χ0v) is 18.2. The lowest BCUT2D eigenvalue weighted by atomic mass is 10.2. The Balaban J connectivity index is 1.62. The van der Waals surface area contributed by atoms with Crippen LogP contribution in [-0.2, 0) is 17.8 Å². The number of carbonyl (C=O) groups is 1. The minimum Gasteiger partial charge on any atom is -0.490 e. The fourth-order valence-corrected chi connectivity index (χ4v) is 3.54. The Labute approximate surface area is 187 Å². The SMILES string of the molecule is CCOc1cc(C#N)cc(Cl)c1OC(=O)Cc1csc(COc2ccc(Cl)cc2)n1. The zero-order valence-electron chi connectivity index (χ0n) is 15.9. The van der Waals surface area contributed by atoms with Gasteiger partial charge in [0.25, 0.3) is 0 Å². The normalized spacial score (nSPS) is 10.3. The summed E-state index contributed by atoms with van der Waals surface area (Å²) in [6.07, 6.45) is -0.0423. The van der Waals surface area contributed by atoms with Gasteiger partial charge in [-0.1, -0.05) is 23.2 Å². The summed E-state index contributed by atoms with van der Waals surface area (Å²) in [6, 6.07) is 11.9. The Bertz CT molecular complexity index is 1080.